The number of carboxylic acids is 1. The first-order valence-corrected chi connectivity index (χ1v) is 8.78. The number of anilines is 1. The molecular weight excluding hydrogens is 322 g/mol. The molecule has 1 aromatic heterocycles. The second kappa shape index (κ2) is 7.79. The zero-order valence-corrected chi connectivity index (χ0v) is 14.3. The molecule has 0 spiro atoms. The van der Waals surface area contributed by atoms with Crippen LogP contribution in [0.25, 0.3) is 0 Å². The number of aromatic nitrogens is 1. The molecule has 2 N–H and O–H groups in total. The summed E-state index contributed by atoms with van der Waals surface area (Å²) in [4.78, 5) is 33.5. The molecule has 3 heterocycles. The number of piperidine rings is 1. The number of hydrogen-bond donors (Lipinski definition) is 2. The minimum atomic E-state index is -1.45. The van der Waals surface area contributed by atoms with E-state index < -0.39 is 11.8 Å². The molecule has 0 aliphatic carbocycles. The van der Waals surface area contributed by atoms with Gasteiger partial charge in [-0.2, -0.15) is 0 Å². The number of rotatable bonds is 6. The molecule has 2 aliphatic heterocycles. The SMILES string of the molecule is O=CNC(C(=O)O)(N1CCCCC1)N1CCN(c2ccncc2)CC1. The highest BCUT2D eigenvalue weighted by atomic mass is 16.4. The van der Waals surface area contributed by atoms with E-state index in [4.69, 9.17) is 0 Å². The number of nitrogens with zero attached hydrogens (tertiary/aromatic N) is 4. The van der Waals surface area contributed by atoms with Crippen LogP contribution >= 0.6 is 0 Å². The van der Waals surface area contributed by atoms with E-state index in [0.717, 1.165) is 24.9 Å². The van der Waals surface area contributed by atoms with Crippen LogP contribution in [0, 0.1) is 0 Å². The number of carboxylic acid groups (broad SMARTS) is 1. The number of aliphatic carboxylic acids is 1. The zero-order chi connectivity index (χ0) is 17.7. The van der Waals surface area contributed by atoms with Gasteiger partial charge in [-0.3, -0.25) is 19.6 Å². The Balaban J connectivity index is 1.78. The summed E-state index contributed by atoms with van der Waals surface area (Å²) in [6.45, 7) is 3.88. The minimum absolute atomic E-state index is 0.512. The Morgan fingerprint density at radius 2 is 1.64 bits per heavy atom. The predicted octanol–water partition coefficient (Wildman–Crippen LogP) is 0.174. The van der Waals surface area contributed by atoms with Crippen molar-refractivity contribution in [2.24, 2.45) is 0 Å². The third kappa shape index (κ3) is 3.45. The summed E-state index contributed by atoms with van der Waals surface area (Å²) < 4.78 is 0. The molecule has 2 saturated heterocycles. The summed E-state index contributed by atoms with van der Waals surface area (Å²) in [5.41, 5.74) is 1.08. The van der Waals surface area contributed by atoms with Gasteiger partial charge in [0.2, 0.25) is 6.41 Å². The van der Waals surface area contributed by atoms with Crippen LogP contribution < -0.4 is 10.2 Å². The second-order valence-corrected chi connectivity index (χ2v) is 6.47. The van der Waals surface area contributed by atoms with E-state index in [1.165, 1.54) is 0 Å². The van der Waals surface area contributed by atoms with E-state index in [2.05, 4.69) is 15.2 Å². The summed E-state index contributed by atoms with van der Waals surface area (Å²) in [5, 5.41) is 12.6. The Morgan fingerprint density at radius 3 is 2.20 bits per heavy atom. The number of piperazine rings is 1. The van der Waals surface area contributed by atoms with Crippen LogP contribution in [0.3, 0.4) is 0 Å². The van der Waals surface area contributed by atoms with E-state index >= 15 is 0 Å². The average Bonchev–Trinajstić information content (AvgIpc) is 2.67. The molecule has 25 heavy (non-hydrogen) atoms. The average molecular weight is 347 g/mol. The van der Waals surface area contributed by atoms with Crippen LogP contribution in [0.4, 0.5) is 5.69 Å². The molecule has 2 fully saturated rings. The van der Waals surface area contributed by atoms with Crippen molar-refractivity contribution in [3.05, 3.63) is 24.5 Å². The summed E-state index contributed by atoms with van der Waals surface area (Å²) >= 11 is 0. The van der Waals surface area contributed by atoms with Crippen molar-refractivity contribution in [3.63, 3.8) is 0 Å². The molecule has 8 heteroatoms. The van der Waals surface area contributed by atoms with Crippen molar-refractivity contribution >= 4 is 18.1 Å². The first kappa shape index (κ1) is 17.6. The van der Waals surface area contributed by atoms with Crippen molar-refractivity contribution in [1.82, 2.24) is 20.1 Å². The lowest BCUT2D eigenvalue weighted by atomic mass is 10.1. The van der Waals surface area contributed by atoms with E-state index in [0.29, 0.717) is 45.7 Å². The van der Waals surface area contributed by atoms with Crippen LogP contribution in [0.2, 0.25) is 0 Å². The molecule has 1 amide bonds. The first-order valence-electron chi connectivity index (χ1n) is 8.78. The standard InChI is InChI=1S/C17H25N5O3/c23-14-19-17(16(24)25,21-8-2-1-3-9-21)22-12-10-20(11-13-22)15-4-6-18-7-5-15/h4-7,14H,1-3,8-13H2,(H,19,23)(H,24,25). The van der Waals surface area contributed by atoms with Crippen LogP contribution in [-0.2, 0) is 9.59 Å². The number of hydrogen-bond acceptors (Lipinski definition) is 6. The number of amides is 1. The molecule has 2 aliphatic rings. The van der Waals surface area contributed by atoms with Crippen molar-refractivity contribution < 1.29 is 14.7 Å². The first-order chi connectivity index (χ1) is 12.2. The van der Waals surface area contributed by atoms with E-state index in [1.807, 2.05) is 21.9 Å². The fourth-order valence-corrected chi connectivity index (χ4v) is 3.86. The largest absolute Gasteiger partial charge is 0.477 e. The smallest absolute Gasteiger partial charge is 0.361 e. The number of pyridine rings is 1. The van der Waals surface area contributed by atoms with Gasteiger partial charge >= 0.3 is 5.97 Å². The van der Waals surface area contributed by atoms with Crippen LogP contribution in [0.15, 0.2) is 24.5 Å². The molecule has 1 aromatic rings. The van der Waals surface area contributed by atoms with Gasteiger partial charge in [-0.1, -0.05) is 6.42 Å². The Hall–Kier alpha value is -2.19. The maximum absolute atomic E-state index is 12.2. The molecule has 8 nitrogen and oxygen atoms in total. The van der Waals surface area contributed by atoms with Gasteiger partial charge < -0.3 is 15.3 Å². The Bertz CT molecular complexity index is 585. The topological polar surface area (TPSA) is 89.0 Å². The third-order valence-electron chi connectivity index (χ3n) is 5.14. The van der Waals surface area contributed by atoms with Gasteiger partial charge in [-0.25, -0.2) is 4.79 Å². The molecule has 1 atom stereocenters. The molecule has 0 saturated carbocycles. The van der Waals surface area contributed by atoms with E-state index in [9.17, 15) is 14.7 Å². The molecule has 0 bridgehead atoms. The molecule has 136 valence electrons. The van der Waals surface area contributed by atoms with Gasteiger partial charge in [-0.05, 0) is 25.0 Å². The monoisotopic (exact) mass is 347 g/mol. The van der Waals surface area contributed by atoms with E-state index in [-0.39, 0.29) is 0 Å². The van der Waals surface area contributed by atoms with Gasteiger partial charge in [0.25, 0.3) is 5.79 Å². The fourth-order valence-electron chi connectivity index (χ4n) is 3.86. The van der Waals surface area contributed by atoms with E-state index in [1.54, 1.807) is 12.4 Å². The lowest BCUT2D eigenvalue weighted by Gasteiger charge is -2.50. The maximum Gasteiger partial charge on any atom is 0.361 e. The molecular formula is C17H25N5O3. The highest BCUT2D eigenvalue weighted by Gasteiger charge is 2.50. The number of carbonyl (C=O) groups is 2. The Morgan fingerprint density at radius 1 is 1.04 bits per heavy atom. The van der Waals surface area contributed by atoms with Crippen LogP contribution in [-0.4, -0.2) is 77.3 Å². The zero-order valence-electron chi connectivity index (χ0n) is 14.3. The van der Waals surface area contributed by atoms with Crippen molar-refractivity contribution in [1.29, 1.82) is 0 Å². The second-order valence-electron chi connectivity index (χ2n) is 6.47. The lowest BCUT2D eigenvalue weighted by molar-refractivity contribution is -0.178. The quantitative estimate of drug-likeness (QED) is 0.709. The van der Waals surface area contributed by atoms with Crippen molar-refractivity contribution in [2.75, 3.05) is 44.2 Å². The van der Waals surface area contributed by atoms with Crippen LogP contribution in [0.5, 0.6) is 0 Å². The highest BCUT2D eigenvalue weighted by Crippen LogP contribution is 2.26. The summed E-state index contributed by atoms with van der Waals surface area (Å²) in [5.74, 6) is -2.47. The van der Waals surface area contributed by atoms with Gasteiger partial charge in [0.1, 0.15) is 0 Å². The molecule has 0 radical (unpaired) electrons. The minimum Gasteiger partial charge on any atom is -0.477 e. The maximum atomic E-state index is 12.2. The van der Waals surface area contributed by atoms with Crippen LogP contribution in [0.1, 0.15) is 19.3 Å². The van der Waals surface area contributed by atoms with Crippen molar-refractivity contribution in [2.45, 2.75) is 25.0 Å². The molecule has 0 aromatic carbocycles. The predicted molar refractivity (Wildman–Crippen MR) is 93.0 cm³/mol. The fraction of sp³-hybridized carbons (Fsp3) is 0.588. The molecule has 1 unspecified atom stereocenters. The number of carbonyl (C=O) groups excluding carboxylic acids is 1. The van der Waals surface area contributed by atoms with Gasteiger partial charge in [0.15, 0.2) is 0 Å². The van der Waals surface area contributed by atoms with Gasteiger partial charge in [0, 0.05) is 57.3 Å². The molecule has 3 rings (SSSR count). The van der Waals surface area contributed by atoms with Gasteiger partial charge in [-0.15, -0.1) is 0 Å². The third-order valence-corrected chi connectivity index (χ3v) is 5.14. The summed E-state index contributed by atoms with van der Waals surface area (Å²) in [6, 6.07) is 3.91. The number of likely N-dealkylation sites (tertiary alicyclic amines) is 1. The highest BCUT2D eigenvalue weighted by molar-refractivity contribution is 5.80. The van der Waals surface area contributed by atoms with Crippen molar-refractivity contribution in [3.8, 4) is 0 Å². The summed E-state index contributed by atoms with van der Waals surface area (Å²) in [6.07, 6.45) is 7.02. The Labute approximate surface area is 147 Å². The number of nitrogens with one attached hydrogen (secondary N) is 1. The van der Waals surface area contributed by atoms with Gasteiger partial charge in [0.05, 0.1) is 0 Å². The summed E-state index contributed by atoms with van der Waals surface area (Å²) in [7, 11) is 0. The lowest BCUT2D eigenvalue weighted by Crippen LogP contribution is -2.75. The Kier molecular flexibility index (Phi) is 5.50. The normalized spacial score (nSPS) is 22.2.